The first-order valence-electron chi connectivity index (χ1n) is 6.51. The summed E-state index contributed by atoms with van der Waals surface area (Å²) < 4.78 is 7.76. The van der Waals surface area contributed by atoms with Crippen LogP contribution in [0.4, 0.5) is 0 Å². The first-order valence-corrected chi connectivity index (χ1v) is 8.10. The molecule has 0 bridgehead atoms. The third-order valence-corrected chi connectivity index (χ3v) is 4.48. The third-order valence-electron chi connectivity index (χ3n) is 3.49. The lowest BCUT2D eigenvalue weighted by Crippen LogP contribution is -2.03. The van der Waals surface area contributed by atoms with Crippen molar-refractivity contribution in [3.05, 3.63) is 62.0 Å². The maximum Gasteiger partial charge on any atom is 0.125 e. The number of aliphatic hydroxyl groups is 1. The molecule has 1 atom stereocenters. The van der Waals surface area contributed by atoms with Gasteiger partial charge in [0.05, 0.1) is 12.7 Å². The summed E-state index contributed by atoms with van der Waals surface area (Å²) in [5, 5.41) is 10.4. The van der Waals surface area contributed by atoms with Gasteiger partial charge in [-0.15, -0.1) is 0 Å². The Kier molecular flexibility index (Phi) is 4.15. The van der Waals surface area contributed by atoms with Gasteiger partial charge in [-0.25, -0.2) is 0 Å². The van der Waals surface area contributed by atoms with E-state index in [1.807, 2.05) is 30.3 Å². The average molecular weight is 398 g/mol. The molecule has 1 heterocycles. The molecule has 1 aliphatic heterocycles. The van der Waals surface area contributed by atoms with Crippen molar-refractivity contribution >= 4 is 31.9 Å². The highest BCUT2D eigenvalue weighted by Crippen LogP contribution is 2.35. The zero-order valence-corrected chi connectivity index (χ0v) is 13.9. The predicted octanol–water partition coefficient (Wildman–Crippen LogP) is 4.42. The molecule has 0 aromatic heterocycles. The van der Waals surface area contributed by atoms with Crippen LogP contribution in [0.1, 0.15) is 22.8 Å². The van der Waals surface area contributed by atoms with Crippen LogP contribution >= 0.6 is 31.9 Å². The maximum absolute atomic E-state index is 10.4. The van der Waals surface area contributed by atoms with E-state index < -0.39 is 6.10 Å². The monoisotopic (exact) mass is 396 g/mol. The van der Waals surface area contributed by atoms with E-state index in [2.05, 4.69) is 37.9 Å². The van der Waals surface area contributed by atoms with Gasteiger partial charge in [0.2, 0.25) is 0 Å². The zero-order valence-electron chi connectivity index (χ0n) is 10.8. The maximum atomic E-state index is 10.4. The van der Waals surface area contributed by atoms with Crippen molar-refractivity contribution in [2.24, 2.45) is 0 Å². The Bertz CT molecular complexity index is 623. The van der Waals surface area contributed by atoms with Crippen molar-refractivity contribution in [3.8, 4) is 5.75 Å². The van der Waals surface area contributed by atoms with Gasteiger partial charge in [0.1, 0.15) is 5.75 Å². The minimum absolute atomic E-state index is 0.523. The van der Waals surface area contributed by atoms with E-state index in [9.17, 15) is 5.11 Å². The van der Waals surface area contributed by atoms with Gasteiger partial charge in [-0.05, 0) is 41.0 Å². The van der Waals surface area contributed by atoms with Crippen LogP contribution in [0.15, 0.2) is 45.3 Å². The molecule has 0 amide bonds. The fourth-order valence-corrected chi connectivity index (χ4v) is 3.33. The second-order valence-corrected chi connectivity index (χ2v) is 6.75. The standard InChI is InChI=1S/C16H14Br2O2/c17-13-3-1-10(2-4-13)15(19)9-12-8-14(18)7-11-5-6-20-16(11)12/h1-4,7-8,15,19H,5-6,9H2. The Morgan fingerprint density at radius 2 is 1.85 bits per heavy atom. The van der Waals surface area contributed by atoms with E-state index in [-0.39, 0.29) is 0 Å². The van der Waals surface area contributed by atoms with Crippen LogP contribution in [0.25, 0.3) is 0 Å². The SMILES string of the molecule is OC(Cc1cc(Br)cc2c1OCC2)c1ccc(Br)cc1. The van der Waals surface area contributed by atoms with Gasteiger partial charge in [0, 0.05) is 21.8 Å². The minimum atomic E-state index is -0.523. The molecule has 0 aliphatic carbocycles. The van der Waals surface area contributed by atoms with Crippen molar-refractivity contribution in [2.75, 3.05) is 6.61 Å². The van der Waals surface area contributed by atoms with E-state index in [0.29, 0.717) is 6.42 Å². The smallest absolute Gasteiger partial charge is 0.125 e. The van der Waals surface area contributed by atoms with Gasteiger partial charge in [-0.1, -0.05) is 44.0 Å². The summed E-state index contributed by atoms with van der Waals surface area (Å²) in [4.78, 5) is 0. The fraction of sp³-hybridized carbons (Fsp3) is 0.250. The molecule has 0 fully saturated rings. The van der Waals surface area contributed by atoms with Gasteiger partial charge >= 0.3 is 0 Å². The molecule has 104 valence electrons. The first kappa shape index (κ1) is 14.1. The predicted molar refractivity (Wildman–Crippen MR) is 86.1 cm³/mol. The van der Waals surface area contributed by atoms with E-state index in [0.717, 1.165) is 38.8 Å². The fourth-order valence-electron chi connectivity index (χ4n) is 2.51. The molecule has 0 saturated carbocycles. The van der Waals surface area contributed by atoms with Crippen LogP contribution in [0.3, 0.4) is 0 Å². The molecule has 3 rings (SSSR count). The highest BCUT2D eigenvalue weighted by Gasteiger charge is 2.20. The average Bonchev–Trinajstić information content (AvgIpc) is 2.87. The highest BCUT2D eigenvalue weighted by atomic mass is 79.9. The van der Waals surface area contributed by atoms with Crippen molar-refractivity contribution < 1.29 is 9.84 Å². The summed E-state index contributed by atoms with van der Waals surface area (Å²) in [6, 6.07) is 11.9. The summed E-state index contributed by atoms with van der Waals surface area (Å²) in [6.45, 7) is 0.729. The van der Waals surface area contributed by atoms with Crippen LogP contribution in [0.2, 0.25) is 0 Å². The Balaban J connectivity index is 1.86. The number of aliphatic hydroxyl groups excluding tert-OH is 1. The Labute approximate surface area is 135 Å². The Hall–Kier alpha value is -0.840. The highest BCUT2D eigenvalue weighted by molar-refractivity contribution is 9.10. The van der Waals surface area contributed by atoms with Crippen molar-refractivity contribution in [1.82, 2.24) is 0 Å². The molecule has 1 N–H and O–H groups in total. The number of fused-ring (bicyclic) bond motifs is 1. The van der Waals surface area contributed by atoms with Crippen LogP contribution in [-0.2, 0) is 12.8 Å². The summed E-state index contributed by atoms with van der Waals surface area (Å²) in [6.07, 6.45) is 0.977. The van der Waals surface area contributed by atoms with Gasteiger partial charge < -0.3 is 9.84 Å². The third kappa shape index (κ3) is 2.92. The summed E-state index contributed by atoms with van der Waals surface area (Å²) in [5.41, 5.74) is 3.19. The molecule has 2 aromatic carbocycles. The van der Waals surface area contributed by atoms with Crippen LogP contribution < -0.4 is 4.74 Å². The lowest BCUT2D eigenvalue weighted by Gasteiger charge is -2.14. The van der Waals surface area contributed by atoms with Gasteiger partial charge in [0.25, 0.3) is 0 Å². The molecule has 2 nitrogen and oxygen atoms in total. The summed E-state index contributed by atoms with van der Waals surface area (Å²) >= 11 is 6.93. The van der Waals surface area contributed by atoms with Gasteiger partial charge in [-0.2, -0.15) is 0 Å². The molecule has 0 saturated heterocycles. The lowest BCUT2D eigenvalue weighted by atomic mass is 9.99. The molecule has 1 unspecified atom stereocenters. The number of halogens is 2. The van der Waals surface area contributed by atoms with Crippen molar-refractivity contribution in [1.29, 1.82) is 0 Å². The Morgan fingerprint density at radius 1 is 1.10 bits per heavy atom. The van der Waals surface area contributed by atoms with E-state index in [1.165, 1.54) is 5.56 Å². The largest absolute Gasteiger partial charge is 0.493 e. The first-order chi connectivity index (χ1) is 9.63. The Morgan fingerprint density at radius 3 is 2.60 bits per heavy atom. The van der Waals surface area contributed by atoms with Crippen molar-refractivity contribution in [2.45, 2.75) is 18.9 Å². The van der Waals surface area contributed by atoms with Crippen LogP contribution in [-0.4, -0.2) is 11.7 Å². The molecule has 4 heteroatoms. The normalized spacial score (nSPS) is 14.8. The van der Waals surface area contributed by atoms with Crippen molar-refractivity contribution in [3.63, 3.8) is 0 Å². The number of hydrogen-bond acceptors (Lipinski definition) is 2. The molecule has 1 aliphatic rings. The number of benzene rings is 2. The van der Waals surface area contributed by atoms with Crippen LogP contribution in [0, 0.1) is 0 Å². The van der Waals surface area contributed by atoms with E-state index in [4.69, 9.17) is 4.74 Å². The molecular formula is C16H14Br2O2. The number of rotatable bonds is 3. The number of hydrogen-bond donors (Lipinski definition) is 1. The van der Waals surface area contributed by atoms with Crippen LogP contribution in [0.5, 0.6) is 5.75 Å². The molecule has 0 spiro atoms. The van der Waals surface area contributed by atoms with E-state index >= 15 is 0 Å². The van der Waals surface area contributed by atoms with Gasteiger partial charge in [-0.3, -0.25) is 0 Å². The van der Waals surface area contributed by atoms with Gasteiger partial charge in [0.15, 0.2) is 0 Å². The van der Waals surface area contributed by atoms with E-state index in [1.54, 1.807) is 0 Å². The number of ether oxygens (including phenoxy) is 1. The molecule has 20 heavy (non-hydrogen) atoms. The molecule has 0 radical (unpaired) electrons. The summed E-state index contributed by atoms with van der Waals surface area (Å²) in [5.74, 6) is 0.948. The lowest BCUT2D eigenvalue weighted by molar-refractivity contribution is 0.177. The molecular weight excluding hydrogens is 384 g/mol. The minimum Gasteiger partial charge on any atom is -0.493 e. The quantitative estimate of drug-likeness (QED) is 0.830. The summed E-state index contributed by atoms with van der Waals surface area (Å²) in [7, 11) is 0. The second kappa shape index (κ2) is 5.88. The topological polar surface area (TPSA) is 29.5 Å². The zero-order chi connectivity index (χ0) is 14.1. The second-order valence-electron chi connectivity index (χ2n) is 4.92. The molecule has 2 aromatic rings.